The number of rotatable bonds is 7. The summed E-state index contributed by atoms with van der Waals surface area (Å²) in [5, 5.41) is 12.9. The summed E-state index contributed by atoms with van der Waals surface area (Å²) < 4.78 is 21.7. The van der Waals surface area contributed by atoms with Gasteiger partial charge in [-0.05, 0) is 53.9 Å². The van der Waals surface area contributed by atoms with Gasteiger partial charge in [-0.1, -0.05) is 29.8 Å². The van der Waals surface area contributed by atoms with Crippen LogP contribution in [0.5, 0.6) is 5.75 Å². The van der Waals surface area contributed by atoms with Gasteiger partial charge in [-0.25, -0.2) is 14.1 Å². The van der Waals surface area contributed by atoms with Crippen molar-refractivity contribution in [3.8, 4) is 16.9 Å². The van der Waals surface area contributed by atoms with Gasteiger partial charge in [0.15, 0.2) is 5.65 Å². The standard InChI is InChI=1S/C26H22ClFN6O2/c1-16-25-22(17-4-7-21(36-2)8-5-17)9-10-29-26(25)34(32-16)15-24(35)31-20-12-30-33(14-20)13-18-3-6-19(28)11-23(18)27/h3-12,14H,13,15H2,1-2H3,(H,31,35). The van der Waals surface area contributed by atoms with Crippen LogP contribution in [0.25, 0.3) is 22.2 Å². The number of halogens is 2. The topological polar surface area (TPSA) is 86.9 Å². The number of ether oxygens (including phenoxy) is 1. The fraction of sp³-hybridized carbons (Fsp3) is 0.154. The molecule has 0 aliphatic rings. The van der Waals surface area contributed by atoms with Crippen molar-refractivity contribution in [1.29, 1.82) is 0 Å². The molecule has 0 fully saturated rings. The Morgan fingerprint density at radius 2 is 1.97 bits per heavy atom. The summed E-state index contributed by atoms with van der Waals surface area (Å²) in [5.74, 6) is 0.108. The summed E-state index contributed by atoms with van der Waals surface area (Å²) in [6.45, 7) is 2.23. The summed E-state index contributed by atoms with van der Waals surface area (Å²) in [6, 6.07) is 13.9. The molecule has 0 atom stereocenters. The molecule has 0 radical (unpaired) electrons. The molecule has 0 aliphatic heterocycles. The number of benzene rings is 2. The van der Waals surface area contributed by atoms with Gasteiger partial charge in [0.25, 0.3) is 0 Å². The predicted molar refractivity (Wildman–Crippen MR) is 136 cm³/mol. The van der Waals surface area contributed by atoms with Gasteiger partial charge in [0.1, 0.15) is 18.1 Å². The van der Waals surface area contributed by atoms with Crippen molar-refractivity contribution < 1.29 is 13.9 Å². The second kappa shape index (κ2) is 9.79. The Morgan fingerprint density at radius 3 is 2.72 bits per heavy atom. The molecule has 3 aromatic heterocycles. The zero-order valence-electron chi connectivity index (χ0n) is 19.6. The second-order valence-electron chi connectivity index (χ2n) is 8.24. The van der Waals surface area contributed by atoms with Crippen LogP contribution in [0.2, 0.25) is 5.02 Å². The van der Waals surface area contributed by atoms with Crippen LogP contribution in [0.4, 0.5) is 10.1 Å². The minimum Gasteiger partial charge on any atom is -0.497 e. The smallest absolute Gasteiger partial charge is 0.246 e. The van der Waals surface area contributed by atoms with Crippen molar-refractivity contribution in [1.82, 2.24) is 24.5 Å². The normalized spacial score (nSPS) is 11.1. The lowest BCUT2D eigenvalue weighted by atomic mass is 10.0. The van der Waals surface area contributed by atoms with E-state index in [1.54, 1.807) is 41.1 Å². The van der Waals surface area contributed by atoms with Crippen LogP contribution < -0.4 is 10.1 Å². The average Bonchev–Trinajstić information content (AvgIpc) is 3.44. The Morgan fingerprint density at radius 1 is 1.17 bits per heavy atom. The third kappa shape index (κ3) is 4.78. The zero-order chi connectivity index (χ0) is 25.2. The molecule has 5 rings (SSSR count). The van der Waals surface area contributed by atoms with Gasteiger partial charge < -0.3 is 10.1 Å². The van der Waals surface area contributed by atoms with Crippen molar-refractivity contribution in [3.63, 3.8) is 0 Å². The van der Waals surface area contributed by atoms with E-state index in [4.69, 9.17) is 16.3 Å². The van der Waals surface area contributed by atoms with E-state index in [1.807, 2.05) is 37.3 Å². The molecule has 0 spiro atoms. The van der Waals surface area contributed by atoms with E-state index in [0.717, 1.165) is 33.5 Å². The molecule has 36 heavy (non-hydrogen) atoms. The number of nitrogens with one attached hydrogen (secondary N) is 1. The third-order valence-corrected chi connectivity index (χ3v) is 6.12. The van der Waals surface area contributed by atoms with E-state index in [0.29, 0.717) is 22.9 Å². The van der Waals surface area contributed by atoms with E-state index >= 15 is 0 Å². The molecule has 10 heteroatoms. The SMILES string of the molecule is COc1ccc(-c2ccnc3c2c(C)nn3CC(=O)Nc2cnn(Cc3ccc(F)cc3Cl)c2)cc1. The fourth-order valence-corrected chi connectivity index (χ4v) is 4.31. The molecule has 0 unspecified atom stereocenters. The maximum atomic E-state index is 13.3. The molecule has 0 saturated heterocycles. The quantitative estimate of drug-likeness (QED) is 0.333. The maximum absolute atomic E-state index is 13.3. The first-order valence-electron chi connectivity index (χ1n) is 11.1. The molecule has 0 bridgehead atoms. The first kappa shape index (κ1) is 23.5. The number of nitrogens with zero attached hydrogens (tertiary/aromatic N) is 5. The molecule has 2 aromatic carbocycles. The highest BCUT2D eigenvalue weighted by Crippen LogP contribution is 2.31. The van der Waals surface area contributed by atoms with Gasteiger partial charge in [-0.15, -0.1) is 0 Å². The summed E-state index contributed by atoms with van der Waals surface area (Å²) in [6.07, 6.45) is 4.94. The number of carbonyl (C=O) groups excluding carboxylic acids is 1. The number of amides is 1. The number of carbonyl (C=O) groups is 1. The molecule has 182 valence electrons. The first-order chi connectivity index (χ1) is 17.4. The van der Waals surface area contributed by atoms with E-state index in [-0.39, 0.29) is 12.5 Å². The van der Waals surface area contributed by atoms with Crippen LogP contribution in [0, 0.1) is 12.7 Å². The van der Waals surface area contributed by atoms with Gasteiger partial charge in [0.2, 0.25) is 5.91 Å². The largest absolute Gasteiger partial charge is 0.497 e. The Hall–Kier alpha value is -4.24. The van der Waals surface area contributed by atoms with Crippen molar-refractivity contribution >= 4 is 34.2 Å². The number of pyridine rings is 1. The van der Waals surface area contributed by atoms with E-state index in [1.165, 1.54) is 12.1 Å². The monoisotopic (exact) mass is 504 g/mol. The Labute approximate surface area is 211 Å². The highest BCUT2D eigenvalue weighted by molar-refractivity contribution is 6.31. The minimum absolute atomic E-state index is 0.0155. The number of aromatic nitrogens is 5. The third-order valence-electron chi connectivity index (χ3n) is 5.77. The summed E-state index contributed by atoms with van der Waals surface area (Å²) in [5.41, 5.74) is 4.63. The van der Waals surface area contributed by atoms with Gasteiger partial charge in [0.05, 0.1) is 31.2 Å². The van der Waals surface area contributed by atoms with Crippen LogP contribution in [-0.2, 0) is 17.9 Å². The zero-order valence-corrected chi connectivity index (χ0v) is 20.3. The average molecular weight is 505 g/mol. The molecule has 3 heterocycles. The lowest BCUT2D eigenvalue weighted by Gasteiger charge is -2.07. The summed E-state index contributed by atoms with van der Waals surface area (Å²) >= 11 is 6.10. The van der Waals surface area contributed by atoms with E-state index < -0.39 is 5.82 Å². The Balaban J connectivity index is 1.32. The molecule has 0 saturated carbocycles. The summed E-state index contributed by atoms with van der Waals surface area (Å²) in [7, 11) is 1.63. The number of methoxy groups -OCH3 is 1. The number of hydrogen-bond donors (Lipinski definition) is 1. The van der Waals surface area contributed by atoms with Crippen LogP contribution in [0.15, 0.2) is 67.1 Å². The van der Waals surface area contributed by atoms with E-state index in [9.17, 15) is 9.18 Å². The predicted octanol–water partition coefficient (Wildman–Crippen LogP) is 5.09. The summed E-state index contributed by atoms with van der Waals surface area (Å²) in [4.78, 5) is 17.3. The number of aryl methyl sites for hydroxylation is 1. The van der Waals surface area contributed by atoms with Crippen molar-refractivity contribution in [3.05, 3.63) is 89.2 Å². The van der Waals surface area contributed by atoms with Gasteiger partial charge >= 0.3 is 0 Å². The molecule has 8 nitrogen and oxygen atoms in total. The van der Waals surface area contributed by atoms with Crippen molar-refractivity contribution in [2.24, 2.45) is 0 Å². The van der Waals surface area contributed by atoms with Gasteiger partial charge in [-0.2, -0.15) is 10.2 Å². The first-order valence-corrected chi connectivity index (χ1v) is 11.5. The lowest BCUT2D eigenvalue weighted by molar-refractivity contribution is -0.116. The number of anilines is 1. The molecular weight excluding hydrogens is 483 g/mol. The molecular formula is C26H22ClFN6O2. The molecule has 1 N–H and O–H groups in total. The number of hydrogen-bond acceptors (Lipinski definition) is 5. The molecule has 1 amide bonds. The van der Waals surface area contributed by atoms with Crippen LogP contribution in [0.3, 0.4) is 0 Å². The van der Waals surface area contributed by atoms with E-state index in [2.05, 4.69) is 20.5 Å². The van der Waals surface area contributed by atoms with Crippen LogP contribution >= 0.6 is 11.6 Å². The van der Waals surface area contributed by atoms with Crippen molar-refractivity contribution in [2.75, 3.05) is 12.4 Å². The Kier molecular flexibility index (Phi) is 6.39. The number of fused-ring (bicyclic) bond motifs is 1. The van der Waals surface area contributed by atoms with Crippen LogP contribution in [-0.4, -0.2) is 37.6 Å². The fourth-order valence-electron chi connectivity index (χ4n) is 4.08. The lowest BCUT2D eigenvalue weighted by Crippen LogP contribution is -2.19. The Bertz CT molecular complexity index is 1560. The van der Waals surface area contributed by atoms with Crippen LogP contribution in [0.1, 0.15) is 11.3 Å². The molecule has 5 aromatic rings. The maximum Gasteiger partial charge on any atom is 0.246 e. The van der Waals surface area contributed by atoms with Gasteiger partial charge in [-0.3, -0.25) is 9.48 Å². The highest BCUT2D eigenvalue weighted by atomic mass is 35.5. The molecule has 0 aliphatic carbocycles. The minimum atomic E-state index is -0.399. The van der Waals surface area contributed by atoms with Gasteiger partial charge in [0, 0.05) is 22.8 Å². The second-order valence-corrected chi connectivity index (χ2v) is 8.65. The van der Waals surface area contributed by atoms with Crippen molar-refractivity contribution in [2.45, 2.75) is 20.0 Å². The highest BCUT2D eigenvalue weighted by Gasteiger charge is 2.16.